The van der Waals surface area contributed by atoms with E-state index in [1.807, 2.05) is 13.1 Å². The van der Waals surface area contributed by atoms with Crippen molar-refractivity contribution in [2.45, 2.75) is 25.8 Å². The molecule has 1 unspecified atom stereocenters. The third kappa shape index (κ3) is 4.65. The molecule has 0 aliphatic carbocycles. The fraction of sp³-hybridized carbons (Fsp3) is 0.667. The number of nitrogens with one attached hydrogen (secondary N) is 1. The van der Waals surface area contributed by atoms with Gasteiger partial charge in [-0.1, -0.05) is 0 Å². The van der Waals surface area contributed by atoms with E-state index in [4.69, 9.17) is 10.5 Å². The molecule has 0 amide bonds. The van der Waals surface area contributed by atoms with Crippen molar-refractivity contribution in [1.29, 1.82) is 0 Å². The van der Waals surface area contributed by atoms with Crippen molar-refractivity contribution in [3.05, 3.63) is 18.2 Å². The van der Waals surface area contributed by atoms with Gasteiger partial charge in [0.1, 0.15) is 0 Å². The number of nitrogens with two attached hydrogens (primary N) is 1. The van der Waals surface area contributed by atoms with Crippen molar-refractivity contribution >= 4 is 0 Å². The molecule has 0 fully saturated rings. The molecule has 0 saturated heterocycles. The molecule has 0 bridgehead atoms. The minimum absolute atomic E-state index is 0.132. The summed E-state index contributed by atoms with van der Waals surface area (Å²) in [5, 5.41) is 0. The summed E-state index contributed by atoms with van der Waals surface area (Å²) in [4.78, 5) is 6.98. The third-order valence-corrected chi connectivity index (χ3v) is 1.67. The molecule has 4 heteroatoms. The van der Waals surface area contributed by atoms with Gasteiger partial charge in [-0.3, -0.25) is 0 Å². The highest BCUT2D eigenvalue weighted by Crippen LogP contribution is 1.96. The maximum atomic E-state index is 5.53. The van der Waals surface area contributed by atoms with E-state index >= 15 is 0 Å². The molecule has 0 spiro atoms. The zero-order valence-corrected chi connectivity index (χ0v) is 7.99. The van der Waals surface area contributed by atoms with Crippen LogP contribution in [0.5, 0.6) is 0 Å². The number of imidazole rings is 1. The molecule has 13 heavy (non-hydrogen) atoms. The minimum Gasteiger partial charge on any atom is -0.380 e. The Labute approximate surface area is 78.5 Å². The maximum Gasteiger partial charge on any atom is 0.0921 e. The number of ether oxygens (including phenoxy) is 1. The van der Waals surface area contributed by atoms with Gasteiger partial charge in [0.25, 0.3) is 0 Å². The maximum absolute atomic E-state index is 5.53. The SMILES string of the molecule is CC(N)COCCCc1cnc[nH]1. The average molecular weight is 183 g/mol. The van der Waals surface area contributed by atoms with E-state index in [0.29, 0.717) is 6.61 Å². The van der Waals surface area contributed by atoms with Crippen LogP contribution < -0.4 is 5.73 Å². The first kappa shape index (κ1) is 10.2. The number of nitrogens with zero attached hydrogens (tertiary/aromatic N) is 1. The fourth-order valence-corrected chi connectivity index (χ4v) is 1.06. The number of aryl methyl sites for hydroxylation is 1. The Kier molecular flexibility index (Phi) is 4.49. The average Bonchev–Trinajstić information content (AvgIpc) is 2.55. The van der Waals surface area contributed by atoms with Crippen LogP contribution in [0.2, 0.25) is 0 Å². The largest absolute Gasteiger partial charge is 0.380 e. The topological polar surface area (TPSA) is 63.9 Å². The molecule has 0 saturated carbocycles. The van der Waals surface area contributed by atoms with E-state index in [2.05, 4.69) is 9.97 Å². The van der Waals surface area contributed by atoms with E-state index < -0.39 is 0 Å². The lowest BCUT2D eigenvalue weighted by atomic mass is 10.2. The summed E-state index contributed by atoms with van der Waals surface area (Å²) < 4.78 is 5.33. The Balaban J connectivity index is 1.96. The Morgan fingerprint density at radius 1 is 1.69 bits per heavy atom. The molecule has 1 aromatic heterocycles. The van der Waals surface area contributed by atoms with E-state index in [-0.39, 0.29) is 6.04 Å². The van der Waals surface area contributed by atoms with Crippen LogP contribution in [0.25, 0.3) is 0 Å². The van der Waals surface area contributed by atoms with Gasteiger partial charge in [-0.05, 0) is 19.8 Å². The molecule has 74 valence electrons. The number of hydrogen-bond donors (Lipinski definition) is 2. The zero-order valence-electron chi connectivity index (χ0n) is 7.99. The number of rotatable bonds is 6. The second kappa shape index (κ2) is 5.72. The van der Waals surface area contributed by atoms with Crippen LogP contribution in [0, 0.1) is 0 Å². The van der Waals surface area contributed by atoms with Crippen LogP contribution in [-0.4, -0.2) is 29.2 Å². The van der Waals surface area contributed by atoms with Crippen LogP contribution in [-0.2, 0) is 11.2 Å². The van der Waals surface area contributed by atoms with Gasteiger partial charge in [0.05, 0.1) is 12.9 Å². The predicted octanol–water partition coefficient (Wildman–Crippen LogP) is 0.706. The van der Waals surface area contributed by atoms with Gasteiger partial charge in [0.2, 0.25) is 0 Å². The molecular weight excluding hydrogens is 166 g/mol. The van der Waals surface area contributed by atoms with Crippen LogP contribution in [0.1, 0.15) is 19.0 Å². The van der Waals surface area contributed by atoms with Crippen LogP contribution in [0.4, 0.5) is 0 Å². The highest BCUT2D eigenvalue weighted by Gasteiger charge is 1.95. The zero-order chi connectivity index (χ0) is 9.52. The Morgan fingerprint density at radius 2 is 2.54 bits per heavy atom. The summed E-state index contributed by atoms with van der Waals surface area (Å²) in [6.07, 6.45) is 5.53. The lowest BCUT2D eigenvalue weighted by Crippen LogP contribution is -2.22. The Hall–Kier alpha value is -0.870. The Morgan fingerprint density at radius 3 is 3.15 bits per heavy atom. The first-order valence-electron chi connectivity index (χ1n) is 4.59. The summed E-state index contributed by atoms with van der Waals surface area (Å²) in [5.41, 5.74) is 6.68. The summed E-state index contributed by atoms with van der Waals surface area (Å²) >= 11 is 0. The van der Waals surface area contributed by atoms with Crippen LogP contribution in [0.15, 0.2) is 12.5 Å². The second-order valence-corrected chi connectivity index (χ2v) is 3.23. The highest BCUT2D eigenvalue weighted by atomic mass is 16.5. The molecule has 3 N–H and O–H groups in total. The quantitative estimate of drug-likeness (QED) is 0.638. The van der Waals surface area contributed by atoms with Crippen molar-refractivity contribution in [3.8, 4) is 0 Å². The number of hydrogen-bond acceptors (Lipinski definition) is 3. The van der Waals surface area contributed by atoms with Crippen molar-refractivity contribution in [2.24, 2.45) is 5.73 Å². The molecule has 1 rings (SSSR count). The van der Waals surface area contributed by atoms with Gasteiger partial charge in [0.15, 0.2) is 0 Å². The van der Waals surface area contributed by atoms with Gasteiger partial charge in [0, 0.05) is 24.5 Å². The molecule has 0 aliphatic rings. The first-order chi connectivity index (χ1) is 6.29. The van der Waals surface area contributed by atoms with Crippen LogP contribution in [0.3, 0.4) is 0 Å². The van der Waals surface area contributed by atoms with Crippen molar-refractivity contribution < 1.29 is 4.74 Å². The molecule has 4 nitrogen and oxygen atoms in total. The van der Waals surface area contributed by atoms with E-state index in [9.17, 15) is 0 Å². The lowest BCUT2D eigenvalue weighted by Gasteiger charge is -2.05. The molecule has 1 heterocycles. The standard InChI is InChI=1S/C9H17N3O/c1-8(10)6-13-4-2-3-9-5-11-7-12-9/h5,7-8H,2-4,6,10H2,1H3,(H,11,12). The summed E-state index contributed by atoms with van der Waals surface area (Å²) in [5.74, 6) is 0. The van der Waals surface area contributed by atoms with Gasteiger partial charge in [-0.15, -0.1) is 0 Å². The van der Waals surface area contributed by atoms with Gasteiger partial charge >= 0.3 is 0 Å². The van der Waals surface area contributed by atoms with Crippen molar-refractivity contribution in [2.75, 3.05) is 13.2 Å². The van der Waals surface area contributed by atoms with Gasteiger partial charge < -0.3 is 15.5 Å². The number of H-pyrrole nitrogens is 1. The molecule has 1 aromatic rings. The van der Waals surface area contributed by atoms with E-state index in [1.54, 1.807) is 6.33 Å². The summed E-state index contributed by atoms with van der Waals surface area (Å²) in [6, 6.07) is 0.132. The second-order valence-electron chi connectivity index (χ2n) is 3.23. The van der Waals surface area contributed by atoms with Crippen molar-refractivity contribution in [1.82, 2.24) is 9.97 Å². The van der Waals surface area contributed by atoms with E-state index in [1.165, 1.54) is 0 Å². The van der Waals surface area contributed by atoms with Crippen LogP contribution >= 0.6 is 0 Å². The molecule has 0 radical (unpaired) electrons. The number of aromatic amines is 1. The molecule has 0 aliphatic heterocycles. The van der Waals surface area contributed by atoms with E-state index in [0.717, 1.165) is 25.1 Å². The first-order valence-corrected chi connectivity index (χ1v) is 4.59. The number of aromatic nitrogens is 2. The molecule has 0 aromatic carbocycles. The highest BCUT2D eigenvalue weighted by molar-refractivity contribution is 4.93. The Bertz CT molecular complexity index is 209. The normalized spacial score (nSPS) is 13.1. The van der Waals surface area contributed by atoms with Crippen molar-refractivity contribution in [3.63, 3.8) is 0 Å². The van der Waals surface area contributed by atoms with Gasteiger partial charge in [-0.2, -0.15) is 0 Å². The fourth-order valence-electron chi connectivity index (χ4n) is 1.06. The summed E-state index contributed by atoms with van der Waals surface area (Å²) in [7, 11) is 0. The lowest BCUT2D eigenvalue weighted by molar-refractivity contribution is 0.122. The van der Waals surface area contributed by atoms with Gasteiger partial charge in [-0.25, -0.2) is 4.98 Å². The molecule has 1 atom stereocenters. The minimum atomic E-state index is 0.132. The smallest absolute Gasteiger partial charge is 0.0921 e. The third-order valence-electron chi connectivity index (χ3n) is 1.67. The predicted molar refractivity (Wildman–Crippen MR) is 51.4 cm³/mol. The monoisotopic (exact) mass is 183 g/mol. The summed E-state index contributed by atoms with van der Waals surface area (Å²) in [6.45, 7) is 3.35. The molecular formula is C9H17N3O.